The van der Waals surface area contributed by atoms with Crippen LogP contribution in [-0.4, -0.2) is 18.8 Å². The van der Waals surface area contributed by atoms with E-state index in [-0.39, 0.29) is 6.04 Å². The van der Waals surface area contributed by atoms with Crippen LogP contribution in [0.4, 0.5) is 0 Å². The summed E-state index contributed by atoms with van der Waals surface area (Å²) in [6, 6.07) is 20.2. The molecule has 0 saturated heterocycles. The molecule has 0 fully saturated rings. The van der Waals surface area contributed by atoms with Crippen molar-refractivity contribution in [3.63, 3.8) is 0 Å². The molecule has 3 rings (SSSR count). The first-order chi connectivity index (χ1) is 11.8. The van der Waals surface area contributed by atoms with E-state index in [0.717, 1.165) is 16.9 Å². The number of nitrogens with two attached hydrogens (primary N) is 1. The molecule has 0 aliphatic carbocycles. The van der Waals surface area contributed by atoms with Gasteiger partial charge in [-0.05, 0) is 11.1 Å². The van der Waals surface area contributed by atoms with Gasteiger partial charge in [0, 0.05) is 13.0 Å². The maximum atomic E-state index is 6.01. The Kier molecular flexibility index (Phi) is 5.64. The van der Waals surface area contributed by atoms with Crippen LogP contribution in [0.1, 0.15) is 17.5 Å². The van der Waals surface area contributed by atoms with Crippen molar-refractivity contribution in [1.29, 1.82) is 0 Å². The van der Waals surface area contributed by atoms with Crippen LogP contribution in [0.15, 0.2) is 77.2 Å². The van der Waals surface area contributed by atoms with Gasteiger partial charge >= 0.3 is 0 Å². The topological polar surface area (TPSA) is 56.8 Å². The highest BCUT2D eigenvalue weighted by Crippen LogP contribution is 2.22. The molecule has 1 unspecified atom stereocenters. The lowest BCUT2D eigenvalue weighted by molar-refractivity contribution is 0.139. The molecule has 1 aliphatic rings. The zero-order valence-corrected chi connectivity index (χ0v) is 13.6. The van der Waals surface area contributed by atoms with E-state index in [2.05, 4.69) is 4.99 Å². The molecular weight excluding hydrogens is 300 g/mol. The van der Waals surface area contributed by atoms with E-state index in [4.69, 9.17) is 15.2 Å². The van der Waals surface area contributed by atoms with Gasteiger partial charge in [-0.1, -0.05) is 60.7 Å². The average Bonchev–Trinajstić information content (AvgIpc) is 2.66. The van der Waals surface area contributed by atoms with Gasteiger partial charge in [-0.3, -0.25) is 4.99 Å². The summed E-state index contributed by atoms with van der Waals surface area (Å²) in [5.41, 5.74) is 7.99. The third-order valence-electron chi connectivity index (χ3n) is 3.86. The number of ether oxygens (including phenoxy) is 2. The van der Waals surface area contributed by atoms with Gasteiger partial charge < -0.3 is 15.2 Å². The fourth-order valence-electron chi connectivity index (χ4n) is 2.48. The fraction of sp³-hybridized carbons (Fsp3) is 0.250. The number of hydrogen-bond acceptors (Lipinski definition) is 4. The summed E-state index contributed by atoms with van der Waals surface area (Å²) in [6.45, 7) is 1.51. The Balaban J connectivity index is 1.68. The molecule has 0 bridgehead atoms. The minimum atomic E-state index is 0.0554. The predicted molar refractivity (Wildman–Crippen MR) is 95.4 cm³/mol. The molecule has 0 amide bonds. The quantitative estimate of drug-likeness (QED) is 0.849. The van der Waals surface area contributed by atoms with E-state index in [1.807, 2.05) is 60.7 Å². The summed E-state index contributed by atoms with van der Waals surface area (Å²) in [4.78, 5) is 4.43. The van der Waals surface area contributed by atoms with Gasteiger partial charge in [0.25, 0.3) is 0 Å². The minimum Gasteiger partial charge on any atom is -0.489 e. The SMILES string of the molecule is NCC1CC(OCc2ccccc2)=C(OCc2ccccc2)C=N1. The molecule has 0 aromatic heterocycles. The first-order valence-corrected chi connectivity index (χ1v) is 8.15. The number of nitrogens with zero attached hydrogens (tertiary/aromatic N) is 1. The second-order valence-electron chi connectivity index (χ2n) is 5.71. The number of benzene rings is 2. The van der Waals surface area contributed by atoms with Crippen molar-refractivity contribution >= 4 is 6.21 Å². The summed E-state index contributed by atoms with van der Waals surface area (Å²) in [6.07, 6.45) is 2.41. The second kappa shape index (κ2) is 8.31. The van der Waals surface area contributed by atoms with Crippen LogP contribution >= 0.6 is 0 Å². The van der Waals surface area contributed by atoms with Gasteiger partial charge in [0.05, 0.1) is 12.3 Å². The van der Waals surface area contributed by atoms with Crippen molar-refractivity contribution in [3.8, 4) is 0 Å². The molecule has 1 atom stereocenters. The molecule has 4 nitrogen and oxygen atoms in total. The summed E-state index contributed by atoms with van der Waals surface area (Å²) < 4.78 is 11.9. The molecule has 1 aliphatic heterocycles. The maximum Gasteiger partial charge on any atom is 0.175 e. The Morgan fingerprint density at radius 3 is 2.04 bits per heavy atom. The largest absolute Gasteiger partial charge is 0.489 e. The van der Waals surface area contributed by atoms with Gasteiger partial charge in [0.1, 0.15) is 19.0 Å². The molecule has 24 heavy (non-hydrogen) atoms. The normalized spacial score (nSPS) is 17.0. The van der Waals surface area contributed by atoms with Crippen LogP contribution in [0, 0.1) is 0 Å². The van der Waals surface area contributed by atoms with E-state index in [1.165, 1.54) is 0 Å². The summed E-state index contributed by atoms with van der Waals surface area (Å²) in [5, 5.41) is 0. The van der Waals surface area contributed by atoms with E-state index >= 15 is 0 Å². The zero-order valence-electron chi connectivity index (χ0n) is 13.6. The zero-order chi connectivity index (χ0) is 16.6. The Bertz CT molecular complexity index is 696. The highest BCUT2D eigenvalue weighted by atomic mass is 16.5. The smallest absolute Gasteiger partial charge is 0.175 e. The van der Waals surface area contributed by atoms with Crippen molar-refractivity contribution in [2.45, 2.75) is 25.7 Å². The summed E-state index contributed by atoms with van der Waals surface area (Å²) in [5.74, 6) is 1.51. The molecular formula is C20H22N2O2. The van der Waals surface area contributed by atoms with Crippen LogP contribution < -0.4 is 5.73 Å². The third kappa shape index (κ3) is 4.46. The maximum absolute atomic E-state index is 6.01. The second-order valence-corrected chi connectivity index (χ2v) is 5.71. The minimum absolute atomic E-state index is 0.0554. The average molecular weight is 322 g/mol. The highest BCUT2D eigenvalue weighted by molar-refractivity contribution is 5.78. The van der Waals surface area contributed by atoms with Crippen molar-refractivity contribution < 1.29 is 9.47 Å². The van der Waals surface area contributed by atoms with Crippen molar-refractivity contribution in [2.75, 3.05) is 6.54 Å². The summed E-state index contributed by atoms with van der Waals surface area (Å²) >= 11 is 0. The van der Waals surface area contributed by atoms with Crippen molar-refractivity contribution in [2.24, 2.45) is 10.7 Å². The monoisotopic (exact) mass is 322 g/mol. The molecule has 2 N–H and O–H groups in total. The van der Waals surface area contributed by atoms with Gasteiger partial charge in [0.2, 0.25) is 0 Å². The Labute approximate surface area is 142 Å². The Morgan fingerprint density at radius 2 is 1.46 bits per heavy atom. The van der Waals surface area contributed by atoms with E-state index in [0.29, 0.717) is 31.9 Å². The van der Waals surface area contributed by atoms with Crippen LogP contribution in [0.5, 0.6) is 0 Å². The van der Waals surface area contributed by atoms with Crippen molar-refractivity contribution in [3.05, 3.63) is 83.3 Å². The van der Waals surface area contributed by atoms with Gasteiger partial charge in [-0.15, -0.1) is 0 Å². The van der Waals surface area contributed by atoms with Crippen molar-refractivity contribution in [1.82, 2.24) is 0 Å². The number of aliphatic imine (C=N–C) groups is 1. The highest BCUT2D eigenvalue weighted by Gasteiger charge is 2.19. The fourth-order valence-corrected chi connectivity index (χ4v) is 2.48. The van der Waals surface area contributed by atoms with Gasteiger partial charge in [0.15, 0.2) is 5.76 Å². The third-order valence-corrected chi connectivity index (χ3v) is 3.86. The number of hydrogen-bond donors (Lipinski definition) is 1. The van der Waals surface area contributed by atoms with E-state index < -0.39 is 0 Å². The standard InChI is InChI=1S/C20H22N2O2/c21-12-18-11-19(23-14-16-7-3-1-4-8-16)20(13-22-18)24-15-17-9-5-2-6-10-17/h1-10,13,18H,11-12,14-15,21H2. The molecule has 2 aromatic carbocycles. The molecule has 4 heteroatoms. The van der Waals surface area contributed by atoms with Crippen LogP contribution in [0.2, 0.25) is 0 Å². The van der Waals surface area contributed by atoms with E-state index in [9.17, 15) is 0 Å². The van der Waals surface area contributed by atoms with Crippen LogP contribution in [-0.2, 0) is 22.7 Å². The lowest BCUT2D eigenvalue weighted by Gasteiger charge is -2.21. The Hall–Kier alpha value is -2.59. The Morgan fingerprint density at radius 1 is 0.875 bits per heavy atom. The summed E-state index contributed by atoms with van der Waals surface area (Å²) in [7, 11) is 0. The number of dihydropyridines is 1. The predicted octanol–water partition coefficient (Wildman–Crippen LogP) is 3.43. The molecule has 1 heterocycles. The molecule has 0 spiro atoms. The van der Waals surface area contributed by atoms with Crippen LogP contribution in [0.25, 0.3) is 0 Å². The van der Waals surface area contributed by atoms with Gasteiger partial charge in [-0.2, -0.15) is 0 Å². The molecule has 0 saturated carbocycles. The van der Waals surface area contributed by atoms with E-state index in [1.54, 1.807) is 6.21 Å². The van der Waals surface area contributed by atoms with Crippen LogP contribution in [0.3, 0.4) is 0 Å². The first kappa shape index (κ1) is 16.3. The molecule has 124 valence electrons. The number of rotatable bonds is 7. The lowest BCUT2D eigenvalue weighted by atomic mass is 10.1. The lowest BCUT2D eigenvalue weighted by Crippen LogP contribution is -2.24. The van der Waals surface area contributed by atoms with Gasteiger partial charge in [-0.25, -0.2) is 0 Å². The molecule has 0 radical (unpaired) electrons. The number of allylic oxidation sites excluding steroid dienone is 1. The molecule has 2 aromatic rings. The first-order valence-electron chi connectivity index (χ1n) is 8.15.